The largest absolute Gasteiger partial charge is 0.516 e. The second-order valence-corrected chi connectivity index (χ2v) is 18.5. The lowest BCUT2D eigenvalue weighted by molar-refractivity contribution is -0.376. The Hall–Kier alpha value is -6.25. The van der Waals surface area contributed by atoms with Crippen LogP contribution in [0.2, 0.25) is 0 Å². The predicted octanol–water partition coefficient (Wildman–Crippen LogP) is 9.87. The third kappa shape index (κ3) is 8.85. The van der Waals surface area contributed by atoms with Crippen molar-refractivity contribution in [3.63, 3.8) is 0 Å². The summed E-state index contributed by atoms with van der Waals surface area (Å²) < 4.78 is 98.7. The van der Waals surface area contributed by atoms with Crippen molar-refractivity contribution in [1.82, 2.24) is 4.72 Å². The Bertz CT molecular complexity index is 2810. The minimum atomic E-state index is -5.94. The van der Waals surface area contributed by atoms with E-state index < -0.39 is 37.0 Å². The summed E-state index contributed by atoms with van der Waals surface area (Å²) in [6.07, 6.45) is 14.4. The van der Waals surface area contributed by atoms with Gasteiger partial charge in [0.15, 0.2) is 5.78 Å². The van der Waals surface area contributed by atoms with Crippen molar-refractivity contribution >= 4 is 65.6 Å². The van der Waals surface area contributed by atoms with Gasteiger partial charge < -0.3 is 4.90 Å². The number of carbonyl (C=O) groups excluding carboxylic acids is 1. The molecule has 2 N–H and O–H groups in total. The van der Waals surface area contributed by atoms with Crippen molar-refractivity contribution in [2.75, 3.05) is 15.9 Å². The highest BCUT2D eigenvalue weighted by atomic mass is 32.2. The molecule has 14 heteroatoms. The van der Waals surface area contributed by atoms with Gasteiger partial charge in [0.2, 0.25) is 27.1 Å². The van der Waals surface area contributed by atoms with Crippen LogP contribution in [-0.2, 0) is 24.8 Å². The molecule has 0 bridgehead atoms. The first kappa shape index (κ1) is 41.9. The lowest BCUT2D eigenvalue weighted by atomic mass is 9.80. The maximum atomic E-state index is 14.1. The quantitative estimate of drug-likeness (QED) is 0.121. The molecule has 0 fully saturated rings. The van der Waals surface area contributed by atoms with Crippen LogP contribution >= 0.6 is 0 Å². The molecule has 3 aliphatic carbocycles. The smallest absolute Gasteiger partial charge is 0.310 e. The van der Waals surface area contributed by atoms with Crippen molar-refractivity contribution in [3.8, 4) is 0 Å². The number of hydrogen-bond acceptors (Lipinski definition) is 6. The van der Waals surface area contributed by atoms with Gasteiger partial charge in [-0.3, -0.25) is 14.2 Å². The molecule has 0 spiro atoms. The Balaban J connectivity index is 1.36. The Kier molecular flexibility index (Phi) is 11.2. The molecule has 0 radical (unpaired) electrons. The van der Waals surface area contributed by atoms with Gasteiger partial charge >= 0.3 is 15.5 Å². The lowest BCUT2D eigenvalue weighted by Gasteiger charge is -2.28. The van der Waals surface area contributed by atoms with Gasteiger partial charge in [0.1, 0.15) is 0 Å². The number of rotatable bonds is 10. The highest BCUT2D eigenvalue weighted by Crippen LogP contribution is 2.43. The number of ketones is 1. The number of benzene rings is 4. The number of alkyl halides is 3. The second-order valence-electron chi connectivity index (χ2n) is 15.1. The number of allylic oxidation sites excluding steroid dienone is 9. The van der Waals surface area contributed by atoms with Crippen LogP contribution in [0.1, 0.15) is 35.6 Å². The Labute approximate surface area is 348 Å². The Morgan fingerprint density at radius 1 is 0.717 bits per heavy atom. The minimum absolute atomic E-state index is 0.0732. The summed E-state index contributed by atoms with van der Waals surface area (Å²) >= 11 is 0. The normalized spacial score (nSPS) is 18.9. The van der Waals surface area contributed by atoms with Crippen LogP contribution in [0, 0.1) is 26.7 Å². The van der Waals surface area contributed by atoms with Gasteiger partial charge in [-0.25, -0.2) is 8.42 Å². The molecular weight excluding hydrogens is 810 g/mol. The van der Waals surface area contributed by atoms with Gasteiger partial charge in [0, 0.05) is 69.7 Å². The molecule has 4 aromatic rings. The number of nitrogens with one attached hydrogen (secondary N) is 2. The van der Waals surface area contributed by atoms with Crippen molar-refractivity contribution in [1.29, 1.82) is 0 Å². The fraction of sp³-hybridized carbons (Fsp3) is 0.174. The predicted molar refractivity (Wildman–Crippen MR) is 232 cm³/mol. The summed E-state index contributed by atoms with van der Waals surface area (Å²) in [5, 5.41) is 0. The summed E-state index contributed by atoms with van der Waals surface area (Å²) in [6.45, 7) is 7.90. The minimum Gasteiger partial charge on any atom is -0.310 e. The number of Topliss-reactive ketones (excluding diaryl/α,β-unsaturated/α-hetero) is 1. The topological polar surface area (TPSA) is 116 Å². The lowest BCUT2D eigenvalue weighted by Crippen LogP contribution is -2.31. The third-order valence-electron chi connectivity index (χ3n) is 10.2. The highest BCUT2D eigenvalue weighted by molar-refractivity contribution is 7.93. The van der Waals surface area contributed by atoms with Gasteiger partial charge in [-0.15, -0.1) is 0 Å². The number of sulfonamides is 2. The number of aryl methyl sites for hydroxylation is 3. The summed E-state index contributed by atoms with van der Waals surface area (Å²) in [6, 6.07) is 26.9. The molecule has 1 atom stereocenters. The monoisotopic (exact) mass is 851 g/mol. The average molecular weight is 852 g/mol. The standard InChI is InChI=1S/C46H41F3N4O5S2/c1-29-6-14-33(15-7-29)52(34-16-8-30(2)9-17-34)37-22-24-39(43(26-37)50-59(5,55)56)41-28-42(45(41)54)40-25-23-38(27-44(40)51-60(57,58)46(47,48)49)53(35-18-10-31(3)11-19-35)36-20-12-32(4)13-21-36/h6-8,10-28,30H,9H2,1-5H3,(H,50,51)/p+1. The summed E-state index contributed by atoms with van der Waals surface area (Å²) in [4.78, 5) is 15.9. The summed E-state index contributed by atoms with van der Waals surface area (Å²) in [5.74, 6) is -0.294. The fourth-order valence-corrected chi connectivity index (χ4v) is 8.13. The van der Waals surface area contributed by atoms with E-state index in [4.69, 9.17) is 0 Å². The molecule has 4 aromatic carbocycles. The van der Waals surface area contributed by atoms with E-state index in [-0.39, 0.29) is 28.0 Å². The average Bonchev–Trinajstić information content (AvgIpc) is 3.18. The molecule has 0 saturated carbocycles. The molecule has 60 heavy (non-hydrogen) atoms. The van der Waals surface area contributed by atoms with E-state index in [1.807, 2.05) is 104 Å². The van der Waals surface area contributed by atoms with E-state index in [1.54, 1.807) is 33.9 Å². The second kappa shape index (κ2) is 16.1. The maximum Gasteiger partial charge on any atom is 0.516 e. The number of carbonyl (C=O) groups is 1. The van der Waals surface area contributed by atoms with Gasteiger partial charge in [-0.05, 0) is 87.7 Å². The molecule has 0 amide bonds. The van der Waals surface area contributed by atoms with E-state index in [9.17, 15) is 34.8 Å². The van der Waals surface area contributed by atoms with Crippen molar-refractivity contribution in [2.24, 2.45) is 5.92 Å². The van der Waals surface area contributed by atoms with Crippen molar-refractivity contribution in [3.05, 3.63) is 178 Å². The molecule has 1 unspecified atom stereocenters. The zero-order valence-electron chi connectivity index (χ0n) is 33.4. The highest BCUT2D eigenvalue weighted by Gasteiger charge is 2.47. The number of nitrogens with zero attached hydrogens (tertiary/aromatic N) is 2. The van der Waals surface area contributed by atoms with E-state index in [0.29, 0.717) is 28.7 Å². The first-order chi connectivity index (χ1) is 28.3. The molecule has 7 rings (SSSR count). The Morgan fingerprint density at radius 3 is 1.80 bits per heavy atom. The van der Waals surface area contributed by atoms with E-state index >= 15 is 0 Å². The van der Waals surface area contributed by atoms with E-state index in [1.165, 1.54) is 18.2 Å². The zero-order chi connectivity index (χ0) is 43.1. The molecule has 0 aromatic heterocycles. The summed E-state index contributed by atoms with van der Waals surface area (Å²) in [5.41, 5.74) is 0.980. The van der Waals surface area contributed by atoms with Gasteiger partial charge in [0.05, 0.1) is 17.6 Å². The first-order valence-corrected chi connectivity index (χ1v) is 22.3. The van der Waals surface area contributed by atoms with Crippen LogP contribution in [0.3, 0.4) is 0 Å². The molecular formula is C46H42F3N4O5S2+. The number of halogens is 3. The molecule has 3 aliphatic rings. The van der Waals surface area contributed by atoms with Crippen LogP contribution in [0.15, 0.2) is 156 Å². The van der Waals surface area contributed by atoms with E-state index in [0.717, 1.165) is 40.8 Å². The van der Waals surface area contributed by atoms with Crippen LogP contribution in [0.4, 0.5) is 41.6 Å². The molecule has 0 saturated heterocycles. The molecule has 0 aliphatic heterocycles. The fourth-order valence-electron chi connectivity index (χ4n) is 6.98. The molecule has 9 nitrogen and oxygen atoms in total. The third-order valence-corrected chi connectivity index (χ3v) is 11.8. The van der Waals surface area contributed by atoms with Crippen LogP contribution < -0.4 is 14.3 Å². The Morgan fingerprint density at radius 2 is 1.28 bits per heavy atom. The summed E-state index contributed by atoms with van der Waals surface area (Å²) in [7, 11) is -9.82. The first-order valence-electron chi connectivity index (χ1n) is 19.0. The molecule has 308 valence electrons. The SMILES string of the molecule is Cc1ccc(N(c2ccc(C)cc2)c2ccc(C3=C/C(=C4/C=CC(=[N+](C5=CCC(C)C=C5)c5ccc(C)cc5)C=C4NS(C)(=O)=O)C3=O)c(NS(=O)(=O)C(F)(F)F)c2)cc1. The van der Waals surface area contributed by atoms with Crippen LogP contribution in [-0.4, -0.2) is 44.7 Å². The molecule has 0 heterocycles. The van der Waals surface area contributed by atoms with Gasteiger partial charge in [-0.1, -0.05) is 72.2 Å². The van der Waals surface area contributed by atoms with Gasteiger partial charge in [-0.2, -0.15) is 26.2 Å². The van der Waals surface area contributed by atoms with Gasteiger partial charge in [0.25, 0.3) is 0 Å². The zero-order valence-corrected chi connectivity index (χ0v) is 35.0. The van der Waals surface area contributed by atoms with E-state index in [2.05, 4.69) is 23.8 Å². The van der Waals surface area contributed by atoms with Crippen molar-refractivity contribution < 1.29 is 39.4 Å². The maximum absolute atomic E-state index is 14.1. The van der Waals surface area contributed by atoms with Crippen LogP contribution in [0.5, 0.6) is 0 Å². The number of anilines is 4. The van der Waals surface area contributed by atoms with Crippen molar-refractivity contribution in [2.45, 2.75) is 39.6 Å². The van der Waals surface area contributed by atoms with Crippen LogP contribution in [0.25, 0.3) is 5.57 Å². The number of hydrogen-bond donors (Lipinski definition) is 2.